The van der Waals surface area contributed by atoms with Crippen molar-refractivity contribution in [1.82, 2.24) is 10.3 Å². The lowest BCUT2D eigenvalue weighted by molar-refractivity contribution is -0.120. The Balaban J connectivity index is 1.48. The minimum Gasteiger partial charge on any atom is -0.355 e. The Bertz CT molecular complexity index is 1070. The normalized spacial score (nSPS) is 11.1. The Kier molecular flexibility index (Phi) is 3.94. The van der Waals surface area contributed by atoms with E-state index in [1.54, 1.807) is 12.1 Å². The molecule has 1 aromatic heterocycles. The molecule has 0 aliphatic carbocycles. The molecule has 0 saturated heterocycles. The summed E-state index contributed by atoms with van der Waals surface area (Å²) >= 11 is 0. The molecule has 0 radical (unpaired) electrons. The van der Waals surface area contributed by atoms with Crippen LogP contribution in [0.4, 0.5) is 4.39 Å². The SMILES string of the molecule is O=C(Cc1ccc2c(c1)[nH]c1ccccc12)NCc1cccc(F)c1. The van der Waals surface area contributed by atoms with Crippen LogP contribution in [0, 0.1) is 5.82 Å². The molecule has 2 N–H and O–H groups in total. The molecule has 0 saturated carbocycles. The predicted octanol–water partition coefficient (Wildman–Crippen LogP) is 4.32. The van der Waals surface area contributed by atoms with Gasteiger partial charge in [0.25, 0.3) is 0 Å². The molecule has 3 aromatic carbocycles. The number of hydrogen-bond donors (Lipinski definition) is 2. The topological polar surface area (TPSA) is 44.9 Å². The number of H-pyrrole nitrogens is 1. The van der Waals surface area contributed by atoms with Crippen LogP contribution in [0.15, 0.2) is 66.7 Å². The minimum atomic E-state index is -0.295. The number of rotatable bonds is 4. The van der Waals surface area contributed by atoms with Gasteiger partial charge in [-0.05, 0) is 35.4 Å². The summed E-state index contributed by atoms with van der Waals surface area (Å²) in [5.74, 6) is -0.379. The van der Waals surface area contributed by atoms with E-state index >= 15 is 0 Å². The van der Waals surface area contributed by atoms with Crippen LogP contribution in [-0.4, -0.2) is 10.9 Å². The Morgan fingerprint density at radius 1 is 0.880 bits per heavy atom. The molecule has 1 amide bonds. The van der Waals surface area contributed by atoms with E-state index < -0.39 is 0 Å². The molecule has 0 unspecified atom stereocenters. The van der Waals surface area contributed by atoms with E-state index in [1.807, 2.05) is 36.4 Å². The second-order valence-corrected chi connectivity index (χ2v) is 6.13. The van der Waals surface area contributed by atoms with Gasteiger partial charge in [-0.15, -0.1) is 0 Å². The minimum absolute atomic E-state index is 0.0836. The molecule has 1 heterocycles. The monoisotopic (exact) mass is 332 g/mol. The zero-order chi connectivity index (χ0) is 17.2. The summed E-state index contributed by atoms with van der Waals surface area (Å²) in [5, 5.41) is 5.17. The largest absolute Gasteiger partial charge is 0.355 e. The summed E-state index contributed by atoms with van der Waals surface area (Å²) in [7, 11) is 0. The van der Waals surface area contributed by atoms with Crippen molar-refractivity contribution in [1.29, 1.82) is 0 Å². The van der Waals surface area contributed by atoms with Gasteiger partial charge >= 0.3 is 0 Å². The molecule has 0 atom stereocenters. The van der Waals surface area contributed by atoms with Gasteiger partial charge in [-0.2, -0.15) is 0 Å². The zero-order valence-corrected chi connectivity index (χ0v) is 13.6. The van der Waals surface area contributed by atoms with Gasteiger partial charge in [-0.25, -0.2) is 4.39 Å². The molecule has 0 bridgehead atoms. The molecule has 3 nitrogen and oxygen atoms in total. The Morgan fingerprint density at radius 2 is 1.72 bits per heavy atom. The first kappa shape index (κ1) is 15.4. The van der Waals surface area contributed by atoms with Crippen LogP contribution in [0.5, 0.6) is 0 Å². The van der Waals surface area contributed by atoms with E-state index in [9.17, 15) is 9.18 Å². The number of benzene rings is 3. The number of carbonyl (C=O) groups is 1. The average molecular weight is 332 g/mol. The molecular formula is C21H17FN2O. The van der Waals surface area contributed by atoms with Gasteiger partial charge in [-0.3, -0.25) is 4.79 Å². The van der Waals surface area contributed by atoms with Crippen molar-refractivity contribution in [3.8, 4) is 0 Å². The van der Waals surface area contributed by atoms with Crippen LogP contribution in [0.1, 0.15) is 11.1 Å². The Labute approximate surface area is 144 Å². The van der Waals surface area contributed by atoms with Gasteiger partial charge in [0, 0.05) is 28.4 Å². The number of fused-ring (bicyclic) bond motifs is 3. The fourth-order valence-corrected chi connectivity index (χ4v) is 3.11. The first-order chi connectivity index (χ1) is 12.2. The molecule has 0 aliphatic rings. The highest BCUT2D eigenvalue weighted by atomic mass is 19.1. The highest BCUT2D eigenvalue weighted by Crippen LogP contribution is 2.25. The number of carbonyl (C=O) groups excluding carboxylic acids is 1. The van der Waals surface area contributed by atoms with Gasteiger partial charge in [0.1, 0.15) is 5.82 Å². The van der Waals surface area contributed by atoms with Crippen molar-refractivity contribution in [2.24, 2.45) is 0 Å². The number of aromatic amines is 1. The Hall–Kier alpha value is -3.14. The lowest BCUT2D eigenvalue weighted by atomic mass is 10.1. The standard InChI is InChI=1S/C21H17FN2O/c22-16-5-3-4-15(10-16)13-23-21(25)12-14-8-9-18-17-6-1-2-7-19(17)24-20(18)11-14/h1-11,24H,12-13H2,(H,23,25). The van der Waals surface area contributed by atoms with Gasteiger partial charge < -0.3 is 10.3 Å². The van der Waals surface area contributed by atoms with Crippen LogP contribution < -0.4 is 5.32 Å². The van der Waals surface area contributed by atoms with E-state index in [0.29, 0.717) is 13.0 Å². The van der Waals surface area contributed by atoms with Crippen LogP contribution in [0.2, 0.25) is 0 Å². The number of amides is 1. The maximum absolute atomic E-state index is 13.2. The summed E-state index contributed by atoms with van der Waals surface area (Å²) in [6, 6.07) is 20.4. The number of para-hydroxylation sites is 1. The lowest BCUT2D eigenvalue weighted by Gasteiger charge is -2.06. The van der Waals surface area contributed by atoms with E-state index in [-0.39, 0.29) is 11.7 Å². The summed E-state index contributed by atoms with van der Waals surface area (Å²) < 4.78 is 13.2. The fourth-order valence-electron chi connectivity index (χ4n) is 3.11. The molecule has 0 fully saturated rings. The lowest BCUT2D eigenvalue weighted by Crippen LogP contribution is -2.24. The third-order valence-corrected chi connectivity index (χ3v) is 4.31. The second kappa shape index (κ2) is 6.40. The van der Waals surface area contributed by atoms with E-state index in [4.69, 9.17) is 0 Å². The summed E-state index contributed by atoms with van der Waals surface area (Å²) in [6.45, 7) is 0.325. The fraction of sp³-hybridized carbons (Fsp3) is 0.0952. The van der Waals surface area contributed by atoms with Crippen molar-refractivity contribution < 1.29 is 9.18 Å². The molecule has 0 aliphatic heterocycles. The zero-order valence-electron chi connectivity index (χ0n) is 13.6. The first-order valence-electron chi connectivity index (χ1n) is 8.19. The molecule has 25 heavy (non-hydrogen) atoms. The molecule has 4 aromatic rings. The second-order valence-electron chi connectivity index (χ2n) is 6.13. The van der Waals surface area contributed by atoms with Gasteiger partial charge in [0.15, 0.2) is 0 Å². The van der Waals surface area contributed by atoms with E-state index in [1.165, 1.54) is 17.5 Å². The van der Waals surface area contributed by atoms with Gasteiger partial charge in [-0.1, -0.05) is 42.5 Å². The van der Waals surface area contributed by atoms with Crippen molar-refractivity contribution >= 4 is 27.7 Å². The van der Waals surface area contributed by atoms with E-state index in [2.05, 4.69) is 16.4 Å². The third-order valence-electron chi connectivity index (χ3n) is 4.31. The average Bonchev–Trinajstić information content (AvgIpc) is 2.98. The first-order valence-corrected chi connectivity index (χ1v) is 8.19. The summed E-state index contributed by atoms with van der Waals surface area (Å²) in [4.78, 5) is 15.5. The van der Waals surface area contributed by atoms with Crippen LogP contribution in [0.3, 0.4) is 0 Å². The number of nitrogens with one attached hydrogen (secondary N) is 2. The smallest absolute Gasteiger partial charge is 0.224 e. The predicted molar refractivity (Wildman–Crippen MR) is 97.8 cm³/mol. The maximum Gasteiger partial charge on any atom is 0.224 e. The summed E-state index contributed by atoms with van der Waals surface area (Å²) in [6.07, 6.45) is 0.292. The highest BCUT2D eigenvalue weighted by molar-refractivity contribution is 6.07. The number of hydrogen-bond acceptors (Lipinski definition) is 1. The molecule has 4 heteroatoms. The highest BCUT2D eigenvalue weighted by Gasteiger charge is 2.08. The molecule has 4 rings (SSSR count). The third kappa shape index (κ3) is 3.24. The molecular weight excluding hydrogens is 315 g/mol. The van der Waals surface area contributed by atoms with Crippen LogP contribution in [-0.2, 0) is 17.8 Å². The molecule has 0 spiro atoms. The quantitative estimate of drug-likeness (QED) is 0.574. The molecule has 124 valence electrons. The number of halogens is 1. The van der Waals surface area contributed by atoms with E-state index in [0.717, 1.165) is 27.5 Å². The van der Waals surface area contributed by atoms with Crippen molar-refractivity contribution in [2.45, 2.75) is 13.0 Å². The van der Waals surface area contributed by atoms with Crippen molar-refractivity contribution in [3.05, 3.63) is 83.7 Å². The van der Waals surface area contributed by atoms with Crippen molar-refractivity contribution in [3.63, 3.8) is 0 Å². The maximum atomic E-state index is 13.2. The summed E-state index contributed by atoms with van der Waals surface area (Å²) in [5.41, 5.74) is 3.80. The van der Waals surface area contributed by atoms with Gasteiger partial charge in [0.05, 0.1) is 6.42 Å². The van der Waals surface area contributed by atoms with Crippen LogP contribution >= 0.6 is 0 Å². The van der Waals surface area contributed by atoms with Gasteiger partial charge in [0.2, 0.25) is 5.91 Å². The Morgan fingerprint density at radius 3 is 2.60 bits per heavy atom. The van der Waals surface area contributed by atoms with Crippen molar-refractivity contribution in [2.75, 3.05) is 0 Å². The number of aromatic nitrogens is 1. The van der Waals surface area contributed by atoms with Crippen LogP contribution in [0.25, 0.3) is 21.8 Å².